The molecular weight excluding hydrogens is 432 g/mol. The highest BCUT2D eigenvalue weighted by Crippen LogP contribution is 2.44. The fraction of sp³-hybridized carbons (Fsp3) is 0.370. The van der Waals surface area contributed by atoms with Gasteiger partial charge < -0.3 is 20.5 Å². The first-order valence-electron chi connectivity index (χ1n) is 11.7. The number of carbonyl (C=O) groups is 3. The molecule has 2 aromatic rings. The van der Waals surface area contributed by atoms with E-state index in [-0.39, 0.29) is 18.9 Å². The monoisotopic (exact) mass is 464 g/mol. The van der Waals surface area contributed by atoms with E-state index >= 15 is 0 Å². The summed E-state index contributed by atoms with van der Waals surface area (Å²) in [6.07, 6.45) is 2.94. The molecule has 0 fully saturated rings. The van der Waals surface area contributed by atoms with E-state index in [0.29, 0.717) is 19.3 Å². The predicted octanol–water partition coefficient (Wildman–Crippen LogP) is 4.62. The van der Waals surface area contributed by atoms with Crippen molar-refractivity contribution in [3.8, 4) is 11.1 Å². The number of nitrogens with one attached hydrogen (secondary N) is 2. The standard InChI is InChI=1S/C27H32N2O5/c1-3-5-15-24(26(32)28-18(10-4-2)16-25(30)31)29-27(33)34-17-23-21-13-8-6-11-19(21)20-12-7-9-14-22(20)23/h3,6-9,11-14,18,23-24H,1,4-5,10,15-17H2,2H3,(H,28,32)(H,29,33)(H,30,31). The molecule has 0 heterocycles. The van der Waals surface area contributed by atoms with Gasteiger partial charge in [0.05, 0.1) is 6.42 Å². The van der Waals surface area contributed by atoms with Gasteiger partial charge in [-0.3, -0.25) is 9.59 Å². The van der Waals surface area contributed by atoms with Crippen LogP contribution in [0, 0.1) is 0 Å². The Kier molecular flexibility index (Phi) is 8.85. The number of alkyl carbamates (subject to hydrolysis) is 1. The maximum absolute atomic E-state index is 12.8. The Bertz CT molecular complexity index is 990. The molecule has 0 aliphatic heterocycles. The van der Waals surface area contributed by atoms with Crippen LogP contribution >= 0.6 is 0 Å². The first-order valence-corrected chi connectivity index (χ1v) is 11.7. The molecule has 0 bridgehead atoms. The number of hydrogen-bond acceptors (Lipinski definition) is 4. The Morgan fingerprint density at radius 2 is 1.65 bits per heavy atom. The van der Waals surface area contributed by atoms with Crippen molar-refractivity contribution in [1.29, 1.82) is 0 Å². The molecule has 3 N–H and O–H groups in total. The van der Waals surface area contributed by atoms with Gasteiger partial charge in [-0.05, 0) is 41.5 Å². The Hall–Kier alpha value is -3.61. The lowest BCUT2D eigenvalue weighted by Crippen LogP contribution is -2.50. The lowest BCUT2D eigenvalue weighted by atomic mass is 9.98. The van der Waals surface area contributed by atoms with E-state index in [1.54, 1.807) is 6.08 Å². The quantitative estimate of drug-likeness (QED) is 0.398. The Morgan fingerprint density at radius 3 is 2.21 bits per heavy atom. The molecular formula is C27H32N2O5. The Morgan fingerprint density at radius 1 is 1.03 bits per heavy atom. The van der Waals surface area contributed by atoms with Crippen LogP contribution in [0.2, 0.25) is 0 Å². The minimum atomic E-state index is -0.981. The molecule has 0 saturated heterocycles. The van der Waals surface area contributed by atoms with Gasteiger partial charge in [-0.15, -0.1) is 6.58 Å². The summed E-state index contributed by atoms with van der Waals surface area (Å²) in [5, 5.41) is 14.5. The molecule has 7 heteroatoms. The van der Waals surface area contributed by atoms with E-state index < -0.39 is 30.1 Å². The highest BCUT2D eigenvalue weighted by molar-refractivity contribution is 5.86. The lowest BCUT2D eigenvalue weighted by Gasteiger charge is -2.22. The van der Waals surface area contributed by atoms with Crippen molar-refractivity contribution in [1.82, 2.24) is 10.6 Å². The minimum Gasteiger partial charge on any atom is -0.481 e. The molecule has 1 aliphatic carbocycles. The van der Waals surface area contributed by atoms with Crippen molar-refractivity contribution in [2.45, 2.75) is 57.0 Å². The fourth-order valence-electron chi connectivity index (χ4n) is 4.42. The third-order valence-corrected chi connectivity index (χ3v) is 6.02. The van der Waals surface area contributed by atoms with Gasteiger partial charge >= 0.3 is 12.1 Å². The summed E-state index contributed by atoms with van der Waals surface area (Å²) >= 11 is 0. The van der Waals surface area contributed by atoms with Gasteiger partial charge in [0.25, 0.3) is 0 Å². The number of carbonyl (C=O) groups excluding carboxylic acids is 2. The summed E-state index contributed by atoms with van der Waals surface area (Å²) in [6, 6.07) is 14.8. The summed E-state index contributed by atoms with van der Waals surface area (Å²) in [6.45, 7) is 5.75. The van der Waals surface area contributed by atoms with Crippen LogP contribution in [0.4, 0.5) is 4.79 Å². The molecule has 34 heavy (non-hydrogen) atoms. The minimum absolute atomic E-state index is 0.0805. The van der Waals surface area contributed by atoms with Crippen molar-refractivity contribution in [2.24, 2.45) is 0 Å². The maximum atomic E-state index is 12.8. The van der Waals surface area contributed by atoms with E-state index in [2.05, 4.69) is 29.3 Å². The first-order chi connectivity index (χ1) is 16.4. The second-order valence-corrected chi connectivity index (χ2v) is 8.48. The number of allylic oxidation sites excluding steroid dienone is 1. The van der Waals surface area contributed by atoms with Crippen LogP contribution in [-0.2, 0) is 14.3 Å². The number of benzene rings is 2. The third-order valence-electron chi connectivity index (χ3n) is 6.02. The average Bonchev–Trinajstić information content (AvgIpc) is 3.14. The lowest BCUT2D eigenvalue weighted by molar-refractivity contribution is -0.137. The van der Waals surface area contributed by atoms with Gasteiger partial charge in [-0.1, -0.05) is 68.0 Å². The number of carboxylic acids is 1. The van der Waals surface area contributed by atoms with Gasteiger partial charge in [0.1, 0.15) is 12.6 Å². The van der Waals surface area contributed by atoms with Crippen LogP contribution in [-0.4, -0.2) is 41.8 Å². The van der Waals surface area contributed by atoms with Crippen molar-refractivity contribution in [3.05, 3.63) is 72.3 Å². The number of hydrogen-bond donors (Lipinski definition) is 3. The average molecular weight is 465 g/mol. The zero-order valence-electron chi connectivity index (χ0n) is 19.5. The second kappa shape index (κ2) is 12.0. The van der Waals surface area contributed by atoms with E-state index in [9.17, 15) is 14.4 Å². The highest BCUT2D eigenvalue weighted by atomic mass is 16.5. The van der Waals surface area contributed by atoms with E-state index in [0.717, 1.165) is 28.7 Å². The van der Waals surface area contributed by atoms with Gasteiger partial charge in [0.15, 0.2) is 0 Å². The molecule has 3 rings (SSSR count). The summed E-state index contributed by atoms with van der Waals surface area (Å²) in [5.74, 6) is -1.48. The van der Waals surface area contributed by atoms with Crippen molar-refractivity contribution in [2.75, 3.05) is 6.61 Å². The smallest absolute Gasteiger partial charge is 0.407 e. The molecule has 2 amide bonds. The number of amides is 2. The second-order valence-electron chi connectivity index (χ2n) is 8.48. The van der Waals surface area contributed by atoms with Gasteiger partial charge in [-0.2, -0.15) is 0 Å². The highest BCUT2D eigenvalue weighted by Gasteiger charge is 2.30. The van der Waals surface area contributed by atoms with Crippen LogP contribution < -0.4 is 10.6 Å². The van der Waals surface area contributed by atoms with Crippen molar-refractivity contribution < 1.29 is 24.2 Å². The van der Waals surface area contributed by atoms with Crippen LogP contribution in [0.1, 0.15) is 56.1 Å². The van der Waals surface area contributed by atoms with Crippen LogP contribution in [0.5, 0.6) is 0 Å². The largest absolute Gasteiger partial charge is 0.481 e. The number of rotatable bonds is 12. The molecule has 0 saturated carbocycles. The van der Waals surface area contributed by atoms with E-state index in [1.165, 1.54) is 0 Å². The summed E-state index contributed by atoms with van der Waals surface area (Å²) < 4.78 is 5.57. The van der Waals surface area contributed by atoms with Crippen LogP contribution in [0.25, 0.3) is 11.1 Å². The van der Waals surface area contributed by atoms with E-state index in [1.807, 2.05) is 43.3 Å². The summed E-state index contributed by atoms with van der Waals surface area (Å²) in [4.78, 5) is 36.6. The predicted molar refractivity (Wildman–Crippen MR) is 131 cm³/mol. The molecule has 2 aromatic carbocycles. The van der Waals surface area contributed by atoms with Crippen molar-refractivity contribution >= 4 is 18.0 Å². The molecule has 7 nitrogen and oxygen atoms in total. The zero-order valence-corrected chi connectivity index (χ0v) is 19.5. The summed E-state index contributed by atoms with van der Waals surface area (Å²) in [7, 11) is 0. The molecule has 0 radical (unpaired) electrons. The molecule has 1 aliphatic rings. The van der Waals surface area contributed by atoms with Crippen LogP contribution in [0.3, 0.4) is 0 Å². The van der Waals surface area contributed by atoms with Crippen molar-refractivity contribution in [3.63, 3.8) is 0 Å². The molecule has 2 atom stereocenters. The topological polar surface area (TPSA) is 105 Å². The number of fused-ring (bicyclic) bond motifs is 3. The summed E-state index contributed by atoms with van der Waals surface area (Å²) in [5.41, 5.74) is 4.48. The molecule has 2 unspecified atom stereocenters. The number of ether oxygens (including phenoxy) is 1. The molecule has 180 valence electrons. The molecule has 0 spiro atoms. The first kappa shape index (κ1) is 25.0. The maximum Gasteiger partial charge on any atom is 0.407 e. The van der Waals surface area contributed by atoms with Crippen LogP contribution in [0.15, 0.2) is 61.2 Å². The third kappa shape index (κ3) is 6.25. The fourth-order valence-corrected chi connectivity index (χ4v) is 4.42. The van der Waals surface area contributed by atoms with Gasteiger partial charge in [0.2, 0.25) is 5.91 Å². The Labute approximate surface area is 200 Å². The van der Waals surface area contributed by atoms with E-state index in [4.69, 9.17) is 9.84 Å². The SMILES string of the molecule is C=CCCC(NC(=O)OCC1c2ccccc2-c2ccccc21)C(=O)NC(CCC)CC(=O)O. The normalized spacial score (nSPS) is 13.8. The Balaban J connectivity index is 1.64. The van der Waals surface area contributed by atoms with Gasteiger partial charge in [-0.25, -0.2) is 4.79 Å². The zero-order chi connectivity index (χ0) is 24.5. The number of aliphatic carboxylic acids is 1. The molecule has 0 aromatic heterocycles. The number of carboxylic acid groups (broad SMARTS) is 1. The van der Waals surface area contributed by atoms with Gasteiger partial charge in [0, 0.05) is 12.0 Å².